The average molecular weight is 255 g/mol. The summed E-state index contributed by atoms with van der Waals surface area (Å²) < 4.78 is 5.57. The molecule has 0 aliphatic carbocycles. The third-order valence-electron chi connectivity index (χ3n) is 2.32. The van der Waals surface area contributed by atoms with E-state index in [1.807, 2.05) is 6.92 Å². The standard InChI is InChI=1S/C12H21N3O3/c1-2-18-12-10(14-5-7-16)4-3-9(13)11(12)15-6-8-17/h3-4,14-17H,2,5-8,13H2,1H3. The second-order valence-electron chi connectivity index (χ2n) is 3.64. The molecule has 0 aliphatic rings. The molecule has 0 saturated heterocycles. The molecule has 1 rings (SSSR count). The van der Waals surface area contributed by atoms with Crippen LogP contribution in [0.2, 0.25) is 0 Å². The Morgan fingerprint density at radius 1 is 1.17 bits per heavy atom. The number of aliphatic hydroxyl groups is 2. The van der Waals surface area contributed by atoms with Gasteiger partial charge in [-0.25, -0.2) is 0 Å². The van der Waals surface area contributed by atoms with Gasteiger partial charge in [-0.1, -0.05) is 0 Å². The highest BCUT2D eigenvalue weighted by molar-refractivity contribution is 5.81. The lowest BCUT2D eigenvalue weighted by molar-refractivity contribution is 0.309. The van der Waals surface area contributed by atoms with Crippen LogP contribution in [-0.2, 0) is 0 Å². The molecular formula is C12H21N3O3. The van der Waals surface area contributed by atoms with Crippen LogP contribution in [0, 0.1) is 0 Å². The SMILES string of the molecule is CCOc1c(NCCO)ccc(N)c1NCCO. The number of rotatable bonds is 8. The first-order chi connectivity index (χ1) is 8.74. The summed E-state index contributed by atoms with van der Waals surface area (Å²) in [6, 6.07) is 3.56. The molecule has 0 aromatic heterocycles. The van der Waals surface area contributed by atoms with Crippen molar-refractivity contribution >= 4 is 17.1 Å². The largest absolute Gasteiger partial charge is 0.489 e. The number of anilines is 3. The van der Waals surface area contributed by atoms with Crippen LogP contribution in [-0.4, -0.2) is 43.1 Å². The van der Waals surface area contributed by atoms with Crippen molar-refractivity contribution in [1.82, 2.24) is 0 Å². The van der Waals surface area contributed by atoms with E-state index in [1.54, 1.807) is 12.1 Å². The van der Waals surface area contributed by atoms with Crippen molar-refractivity contribution < 1.29 is 14.9 Å². The van der Waals surface area contributed by atoms with E-state index in [4.69, 9.17) is 20.7 Å². The molecule has 102 valence electrons. The van der Waals surface area contributed by atoms with Crippen molar-refractivity contribution in [3.8, 4) is 5.75 Å². The Morgan fingerprint density at radius 3 is 2.44 bits per heavy atom. The van der Waals surface area contributed by atoms with E-state index < -0.39 is 0 Å². The molecule has 0 saturated carbocycles. The van der Waals surface area contributed by atoms with Gasteiger partial charge in [0.05, 0.1) is 31.2 Å². The lowest BCUT2D eigenvalue weighted by Crippen LogP contribution is -2.12. The van der Waals surface area contributed by atoms with Crippen LogP contribution in [0.4, 0.5) is 17.1 Å². The van der Waals surface area contributed by atoms with E-state index in [2.05, 4.69) is 10.6 Å². The molecule has 18 heavy (non-hydrogen) atoms. The molecule has 0 spiro atoms. The van der Waals surface area contributed by atoms with E-state index in [0.29, 0.717) is 36.8 Å². The van der Waals surface area contributed by atoms with E-state index >= 15 is 0 Å². The van der Waals surface area contributed by atoms with Crippen LogP contribution in [0.15, 0.2) is 12.1 Å². The minimum atomic E-state index is 0.0132. The van der Waals surface area contributed by atoms with Crippen LogP contribution in [0.1, 0.15) is 6.92 Å². The normalized spacial score (nSPS) is 10.2. The number of hydrogen-bond acceptors (Lipinski definition) is 6. The Morgan fingerprint density at radius 2 is 1.83 bits per heavy atom. The van der Waals surface area contributed by atoms with Crippen molar-refractivity contribution in [3.05, 3.63) is 12.1 Å². The maximum absolute atomic E-state index is 8.86. The van der Waals surface area contributed by atoms with Gasteiger partial charge in [0.1, 0.15) is 5.69 Å². The van der Waals surface area contributed by atoms with Gasteiger partial charge in [0.25, 0.3) is 0 Å². The summed E-state index contributed by atoms with van der Waals surface area (Å²) in [5, 5.41) is 23.8. The van der Waals surface area contributed by atoms with Gasteiger partial charge in [0, 0.05) is 13.1 Å². The Balaban J connectivity index is 3.02. The number of hydrogen-bond donors (Lipinski definition) is 5. The molecule has 0 heterocycles. The molecule has 1 aromatic carbocycles. The van der Waals surface area contributed by atoms with Gasteiger partial charge in [-0.05, 0) is 19.1 Å². The third kappa shape index (κ3) is 3.68. The Labute approximate surface area is 107 Å². The summed E-state index contributed by atoms with van der Waals surface area (Å²) in [4.78, 5) is 0. The van der Waals surface area contributed by atoms with Crippen molar-refractivity contribution in [2.75, 3.05) is 49.3 Å². The first-order valence-electron chi connectivity index (χ1n) is 5.99. The smallest absolute Gasteiger partial charge is 0.167 e. The highest BCUT2D eigenvalue weighted by Crippen LogP contribution is 2.38. The van der Waals surface area contributed by atoms with Crippen molar-refractivity contribution in [2.24, 2.45) is 0 Å². The fraction of sp³-hybridized carbons (Fsp3) is 0.500. The number of aliphatic hydroxyl groups excluding tert-OH is 2. The number of nitrogen functional groups attached to an aromatic ring is 1. The third-order valence-corrected chi connectivity index (χ3v) is 2.32. The van der Waals surface area contributed by atoms with E-state index in [0.717, 1.165) is 5.69 Å². The Bertz CT molecular complexity index is 372. The zero-order chi connectivity index (χ0) is 13.4. The fourth-order valence-corrected chi connectivity index (χ4v) is 1.59. The molecule has 0 radical (unpaired) electrons. The monoisotopic (exact) mass is 255 g/mol. The lowest BCUT2D eigenvalue weighted by atomic mass is 10.2. The van der Waals surface area contributed by atoms with Crippen LogP contribution in [0.25, 0.3) is 0 Å². The molecule has 0 unspecified atom stereocenters. The predicted molar refractivity (Wildman–Crippen MR) is 73.2 cm³/mol. The second-order valence-corrected chi connectivity index (χ2v) is 3.64. The molecule has 0 aliphatic heterocycles. The van der Waals surface area contributed by atoms with Gasteiger partial charge in [0.2, 0.25) is 0 Å². The van der Waals surface area contributed by atoms with Crippen molar-refractivity contribution in [2.45, 2.75) is 6.92 Å². The van der Waals surface area contributed by atoms with E-state index in [1.165, 1.54) is 0 Å². The molecule has 0 atom stereocenters. The van der Waals surface area contributed by atoms with Gasteiger partial charge in [-0.15, -0.1) is 0 Å². The fourth-order valence-electron chi connectivity index (χ4n) is 1.59. The van der Waals surface area contributed by atoms with E-state index in [9.17, 15) is 0 Å². The highest BCUT2D eigenvalue weighted by atomic mass is 16.5. The van der Waals surface area contributed by atoms with Gasteiger partial charge in [-0.2, -0.15) is 0 Å². The van der Waals surface area contributed by atoms with Crippen LogP contribution >= 0.6 is 0 Å². The van der Waals surface area contributed by atoms with Crippen LogP contribution in [0.3, 0.4) is 0 Å². The van der Waals surface area contributed by atoms with E-state index in [-0.39, 0.29) is 13.2 Å². The zero-order valence-electron chi connectivity index (χ0n) is 10.6. The summed E-state index contributed by atoms with van der Waals surface area (Å²) in [6.07, 6.45) is 0. The van der Waals surface area contributed by atoms with Crippen molar-refractivity contribution in [1.29, 1.82) is 0 Å². The number of nitrogens with two attached hydrogens (primary N) is 1. The molecule has 0 amide bonds. The minimum Gasteiger partial charge on any atom is -0.489 e. The zero-order valence-corrected chi connectivity index (χ0v) is 10.6. The molecule has 6 N–H and O–H groups in total. The second kappa shape index (κ2) is 7.62. The molecule has 0 bridgehead atoms. The summed E-state index contributed by atoms with van der Waals surface area (Å²) in [7, 11) is 0. The molecule has 6 nitrogen and oxygen atoms in total. The highest BCUT2D eigenvalue weighted by Gasteiger charge is 2.12. The minimum absolute atomic E-state index is 0.0132. The van der Waals surface area contributed by atoms with Gasteiger partial charge >= 0.3 is 0 Å². The van der Waals surface area contributed by atoms with Gasteiger partial charge in [-0.3, -0.25) is 0 Å². The van der Waals surface area contributed by atoms with Gasteiger partial charge < -0.3 is 31.3 Å². The molecule has 6 heteroatoms. The topological polar surface area (TPSA) is 99.8 Å². The Hall–Kier alpha value is -1.66. The first-order valence-corrected chi connectivity index (χ1v) is 5.99. The summed E-state index contributed by atoms with van der Waals surface area (Å²) >= 11 is 0. The Kier molecular flexibility index (Phi) is 6.10. The summed E-state index contributed by atoms with van der Waals surface area (Å²) in [5.74, 6) is 0.611. The molecule has 0 fully saturated rings. The lowest BCUT2D eigenvalue weighted by Gasteiger charge is -2.18. The number of nitrogens with one attached hydrogen (secondary N) is 2. The quantitative estimate of drug-likeness (QED) is 0.433. The number of ether oxygens (including phenoxy) is 1. The molecule has 1 aromatic rings. The van der Waals surface area contributed by atoms with Crippen LogP contribution in [0.5, 0.6) is 5.75 Å². The maximum atomic E-state index is 8.86. The number of benzene rings is 1. The average Bonchev–Trinajstić information content (AvgIpc) is 2.37. The maximum Gasteiger partial charge on any atom is 0.167 e. The summed E-state index contributed by atoms with van der Waals surface area (Å²) in [5.41, 5.74) is 7.87. The van der Waals surface area contributed by atoms with Crippen molar-refractivity contribution in [3.63, 3.8) is 0 Å². The first kappa shape index (κ1) is 14.4. The summed E-state index contributed by atoms with van der Waals surface area (Å²) in [6.45, 7) is 3.27. The predicted octanol–water partition coefficient (Wildman–Crippen LogP) is 0.476. The van der Waals surface area contributed by atoms with Crippen LogP contribution < -0.4 is 21.1 Å². The molecular weight excluding hydrogens is 234 g/mol. The van der Waals surface area contributed by atoms with Gasteiger partial charge in [0.15, 0.2) is 5.75 Å².